The van der Waals surface area contributed by atoms with Crippen molar-refractivity contribution in [3.8, 4) is 11.5 Å². The second kappa shape index (κ2) is 3.89. The van der Waals surface area contributed by atoms with E-state index in [1.165, 1.54) is 6.07 Å². The first-order chi connectivity index (χ1) is 7.51. The average molecular weight is 250 g/mol. The van der Waals surface area contributed by atoms with Gasteiger partial charge in [-0.1, -0.05) is 0 Å². The maximum atomic E-state index is 12.3. The van der Waals surface area contributed by atoms with Gasteiger partial charge in [-0.05, 0) is 12.1 Å². The Morgan fingerprint density at radius 2 is 1.75 bits per heavy atom. The van der Waals surface area contributed by atoms with Crippen molar-refractivity contribution in [2.45, 2.75) is 10.7 Å². The molecular formula is C9H8F2O4S. The van der Waals surface area contributed by atoms with Crippen molar-refractivity contribution in [3.63, 3.8) is 0 Å². The first-order valence-corrected chi connectivity index (χ1v) is 5.98. The number of fused-ring (bicyclic) bond motifs is 1. The molecule has 1 aromatic rings. The van der Waals surface area contributed by atoms with Crippen LogP contribution >= 0.6 is 0 Å². The molecular weight excluding hydrogens is 242 g/mol. The Kier molecular flexibility index (Phi) is 2.71. The number of hydrogen-bond donors (Lipinski definition) is 0. The van der Waals surface area contributed by atoms with Crippen molar-refractivity contribution in [1.82, 2.24) is 0 Å². The third-order valence-corrected chi connectivity index (χ3v) is 3.46. The molecule has 1 aliphatic rings. The van der Waals surface area contributed by atoms with E-state index in [9.17, 15) is 17.2 Å². The Morgan fingerprint density at radius 1 is 1.12 bits per heavy atom. The first kappa shape index (κ1) is 11.1. The van der Waals surface area contributed by atoms with Crippen LogP contribution < -0.4 is 9.47 Å². The van der Waals surface area contributed by atoms with Gasteiger partial charge in [0.25, 0.3) is 0 Å². The van der Waals surface area contributed by atoms with Crippen LogP contribution in [-0.2, 0) is 9.84 Å². The number of rotatable bonds is 2. The number of hydrogen-bond acceptors (Lipinski definition) is 4. The van der Waals surface area contributed by atoms with E-state index in [1.54, 1.807) is 0 Å². The smallest absolute Gasteiger partial charge is 0.341 e. The molecule has 1 aromatic carbocycles. The molecule has 0 aromatic heterocycles. The standard InChI is InChI=1S/C9H8F2O4S/c10-9(11)16(12,13)6-1-2-7-8(5-6)15-4-3-14-7/h1-2,5,9H,3-4H2. The van der Waals surface area contributed by atoms with Crippen molar-refractivity contribution in [2.24, 2.45) is 0 Å². The fourth-order valence-corrected chi connectivity index (χ4v) is 2.04. The van der Waals surface area contributed by atoms with E-state index in [0.717, 1.165) is 12.1 Å². The Balaban J connectivity index is 2.45. The lowest BCUT2D eigenvalue weighted by Crippen LogP contribution is -2.17. The molecule has 16 heavy (non-hydrogen) atoms. The molecule has 0 bridgehead atoms. The fourth-order valence-electron chi connectivity index (χ4n) is 1.30. The van der Waals surface area contributed by atoms with Crippen LogP contribution in [0.3, 0.4) is 0 Å². The maximum absolute atomic E-state index is 12.3. The van der Waals surface area contributed by atoms with Gasteiger partial charge in [-0.3, -0.25) is 0 Å². The van der Waals surface area contributed by atoms with Gasteiger partial charge in [0.2, 0.25) is 9.84 Å². The van der Waals surface area contributed by atoms with E-state index in [-0.39, 0.29) is 12.4 Å². The van der Waals surface area contributed by atoms with E-state index in [1.807, 2.05) is 0 Å². The molecule has 2 rings (SSSR count). The Morgan fingerprint density at radius 3 is 2.38 bits per heavy atom. The molecule has 0 N–H and O–H groups in total. The molecule has 0 unspecified atom stereocenters. The first-order valence-electron chi connectivity index (χ1n) is 4.43. The quantitative estimate of drug-likeness (QED) is 0.797. The normalized spacial score (nSPS) is 15.2. The monoisotopic (exact) mass is 250 g/mol. The highest BCUT2D eigenvalue weighted by molar-refractivity contribution is 7.91. The second-order valence-electron chi connectivity index (χ2n) is 3.11. The van der Waals surface area contributed by atoms with Crippen LogP contribution in [0.2, 0.25) is 0 Å². The zero-order valence-electron chi connectivity index (χ0n) is 8.02. The lowest BCUT2D eigenvalue weighted by Gasteiger charge is -2.18. The summed E-state index contributed by atoms with van der Waals surface area (Å²) in [6, 6.07) is 3.44. The molecule has 0 saturated heterocycles. The maximum Gasteiger partial charge on any atom is 0.341 e. The Labute approximate surface area is 90.7 Å². The van der Waals surface area contributed by atoms with Crippen molar-refractivity contribution < 1.29 is 26.7 Å². The number of ether oxygens (including phenoxy) is 2. The van der Waals surface area contributed by atoms with E-state index < -0.39 is 20.5 Å². The van der Waals surface area contributed by atoms with E-state index in [4.69, 9.17) is 9.47 Å². The average Bonchev–Trinajstić information content (AvgIpc) is 2.28. The van der Waals surface area contributed by atoms with Crippen molar-refractivity contribution in [3.05, 3.63) is 18.2 Å². The minimum absolute atomic E-state index is 0.174. The SMILES string of the molecule is O=S(=O)(c1ccc2c(c1)OCCO2)C(F)F. The van der Waals surface area contributed by atoms with Crippen LogP contribution in [0.4, 0.5) is 8.78 Å². The van der Waals surface area contributed by atoms with E-state index >= 15 is 0 Å². The van der Waals surface area contributed by atoms with Crippen LogP contribution in [0.25, 0.3) is 0 Å². The van der Waals surface area contributed by atoms with Gasteiger partial charge in [-0.2, -0.15) is 8.78 Å². The van der Waals surface area contributed by atoms with Crippen LogP contribution in [0, 0.1) is 0 Å². The summed E-state index contributed by atoms with van der Waals surface area (Å²) < 4.78 is 57.1. The lowest BCUT2D eigenvalue weighted by atomic mass is 10.3. The summed E-state index contributed by atoms with van der Waals surface area (Å²) in [4.78, 5) is -0.466. The topological polar surface area (TPSA) is 52.6 Å². The molecule has 0 atom stereocenters. The summed E-state index contributed by atoms with van der Waals surface area (Å²) in [5.41, 5.74) is 0. The Hall–Kier alpha value is -1.37. The minimum Gasteiger partial charge on any atom is -0.486 e. The van der Waals surface area contributed by atoms with Crippen LogP contribution in [0.1, 0.15) is 0 Å². The summed E-state index contributed by atoms with van der Waals surface area (Å²) in [5, 5.41) is 0. The summed E-state index contributed by atoms with van der Waals surface area (Å²) in [6.45, 7) is 0.624. The molecule has 4 nitrogen and oxygen atoms in total. The van der Waals surface area contributed by atoms with Gasteiger partial charge in [-0.25, -0.2) is 8.42 Å². The van der Waals surface area contributed by atoms with Crippen LogP contribution in [-0.4, -0.2) is 27.4 Å². The second-order valence-corrected chi connectivity index (χ2v) is 5.03. The largest absolute Gasteiger partial charge is 0.486 e. The van der Waals surface area contributed by atoms with Crippen molar-refractivity contribution >= 4 is 9.84 Å². The van der Waals surface area contributed by atoms with Crippen LogP contribution in [0.15, 0.2) is 23.1 Å². The summed E-state index contributed by atoms with van der Waals surface area (Å²) in [5.74, 6) is -2.90. The summed E-state index contributed by atoms with van der Waals surface area (Å²) in [7, 11) is -4.58. The van der Waals surface area contributed by atoms with E-state index in [2.05, 4.69) is 0 Å². The number of benzene rings is 1. The third kappa shape index (κ3) is 1.82. The molecule has 0 amide bonds. The van der Waals surface area contributed by atoms with Crippen molar-refractivity contribution in [1.29, 1.82) is 0 Å². The number of alkyl halides is 2. The molecule has 1 heterocycles. The predicted molar refractivity (Wildman–Crippen MR) is 50.6 cm³/mol. The molecule has 88 valence electrons. The van der Waals surface area contributed by atoms with Crippen LogP contribution in [0.5, 0.6) is 11.5 Å². The highest BCUT2D eigenvalue weighted by Gasteiger charge is 2.28. The predicted octanol–water partition coefficient (Wildman–Crippen LogP) is 1.45. The number of halogens is 2. The van der Waals surface area contributed by atoms with Gasteiger partial charge in [0.15, 0.2) is 11.5 Å². The lowest BCUT2D eigenvalue weighted by molar-refractivity contribution is 0.171. The van der Waals surface area contributed by atoms with Gasteiger partial charge in [0.05, 0.1) is 4.90 Å². The molecule has 0 fully saturated rings. The number of sulfone groups is 1. The summed E-state index contributed by atoms with van der Waals surface area (Å²) >= 11 is 0. The molecule has 0 spiro atoms. The molecule has 0 saturated carbocycles. The van der Waals surface area contributed by atoms with Gasteiger partial charge in [0, 0.05) is 6.07 Å². The van der Waals surface area contributed by atoms with Gasteiger partial charge >= 0.3 is 5.76 Å². The molecule has 0 radical (unpaired) electrons. The highest BCUT2D eigenvalue weighted by atomic mass is 32.2. The minimum atomic E-state index is -4.58. The molecule has 1 aliphatic heterocycles. The molecule has 0 aliphatic carbocycles. The Bertz CT molecular complexity index is 498. The van der Waals surface area contributed by atoms with E-state index in [0.29, 0.717) is 12.4 Å². The zero-order valence-corrected chi connectivity index (χ0v) is 8.84. The van der Waals surface area contributed by atoms with Gasteiger partial charge in [-0.15, -0.1) is 0 Å². The zero-order chi connectivity index (χ0) is 11.8. The van der Waals surface area contributed by atoms with Gasteiger partial charge in [0.1, 0.15) is 13.2 Å². The van der Waals surface area contributed by atoms with Crippen molar-refractivity contribution in [2.75, 3.05) is 13.2 Å². The summed E-state index contributed by atoms with van der Waals surface area (Å²) in [6.07, 6.45) is 0. The fraction of sp³-hybridized carbons (Fsp3) is 0.333. The highest BCUT2D eigenvalue weighted by Crippen LogP contribution is 2.33. The van der Waals surface area contributed by atoms with Gasteiger partial charge < -0.3 is 9.47 Å². The third-order valence-electron chi connectivity index (χ3n) is 2.08. The molecule has 7 heteroatoms.